The number of carbonyl (C=O) groups is 1. The van der Waals surface area contributed by atoms with Crippen molar-refractivity contribution in [3.05, 3.63) is 59.7 Å². The number of alkyl halides is 6. The summed E-state index contributed by atoms with van der Waals surface area (Å²) in [4.78, 5) is 11.7. The van der Waals surface area contributed by atoms with E-state index in [1.165, 1.54) is 12.1 Å². The summed E-state index contributed by atoms with van der Waals surface area (Å²) in [6.07, 6.45) is -10.7. The van der Waals surface area contributed by atoms with Gasteiger partial charge in [-0.25, -0.2) is 0 Å². The van der Waals surface area contributed by atoms with Gasteiger partial charge in [-0.05, 0) is 40.1 Å². The fraction of sp³-hybridized carbons (Fsp3) is 0.235. The Balaban J connectivity index is 2.65. The maximum absolute atomic E-state index is 12.6. The Kier molecular flexibility index (Phi) is 6.87. The third-order valence-corrected chi connectivity index (χ3v) is 4.21. The smallest absolute Gasteiger partial charge is 0.406 e. The van der Waals surface area contributed by atoms with Gasteiger partial charge in [-0.3, -0.25) is 4.79 Å². The molecule has 6 nitrogen and oxygen atoms in total. The van der Waals surface area contributed by atoms with Crippen molar-refractivity contribution in [2.45, 2.75) is 24.7 Å². The highest BCUT2D eigenvalue weighted by molar-refractivity contribution is 7.63. The van der Waals surface area contributed by atoms with Crippen molar-refractivity contribution in [3.8, 4) is 11.5 Å². The second-order valence-corrected chi connectivity index (χ2v) is 6.26. The molecule has 2 aromatic rings. The minimum absolute atomic E-state index is 0.0874. The molecule has 0 fully saturated rings. The zero-order valence-corrected chi connectivity index (χ0v) is 15.5. The Morgan fingerprint density at radius 1 is 0.900 bits per heavy atom. The molecular formula is C17H13F6N2O4S+. The maximum atomic E-state index is 12.6. The minimum Gasteiger partial charge on any atom is -0.406 e. The van der Waals surface area contributed by atoms with Gasteiger partial charge in [0, 0.05) is 0 Å². The molecule has 13 heteroatoms. The first kappa shape index (κ1) is 23.3. The molecule has 0 unspecified atom stereocenters. The molecule has 0 aromatic heterocycles. The van der Waals surface area contributed by atoms with E-state index in [1.54, 1.807) is 0 Å². The first-order valence-electron chi connectivity index (χ1n) is 7.91. The molecule has 0 saturated carbocycles. The summed E-state index contributed by atoms with van der Waals surface area (Å²) in [5.74, 6) is -2.33. The number of hydrogen-bond donors (Lipinski definition) is 2. The van der Waals surface area contributed by atoms with Gasteiger partial charge in [0.25, 0.3) is 0 Å². The van der Waals surface area contributed by atoms with Crippen LogP contribution in [0.1, 0.15) is 17.5 Å². The molecule has 0 aliphatic carbocycles. The van der Waals surface area contributed by atoms with Crippen LogP contribution in [0.3, 0.4) is 0 Å². The lowest BCUT2D eigenvalue weighted by atomic mass is 9.80. The van der Waals surface area contributed by atoms with Gasteiger partial charge in [-0.1, -0.05) is 24.3 Å². The van der Waals surface area contributed by atoms with Crippen LogP contribution in [0.5, 0.6) is 11.5 Å². The van der Waals surface area contributed by atoms with Crippen molar-refractivity contribution >= 4 is 17.8 Å². The van der Waals surface area contributed by atoms with E-state index in [4.69, 9.17) is 5.73 Å². The van der Waals surface area contributed by atoms with Gasteiger partial charge in [-0.2, -0.15) is 0 Å². The van der Waals surface area contributed by atoms with Crippen LogP contribution in [0.2, 0.25) is 0 Å². The summed E-state index contributed by atoms with van der Waals surface area (Å²) in [5, 5.41) is 0. The molecule has 3 N–H and O–H groups in total. The number of hydrogen-bond acceptors (Lipinski definition) is 4. The Labute approximate surface area is 169 Å². The lowest BCUT2D eigenvalue weighted by molar-refractivity contribution is -0.275. The van der Waals surface area contributed by atoms with Crippen molar-refractivity contribution < 1.29 is 44.8 Å². The molecule has 0 spiro atoms. The van der Waals surface area contributed by atoms with E-state index in [0.29, 0.717) is 0 Å². The van der Waals surface area contributed by atoms with Crippen LogP contribution in [0.4, 0.5) is 26.3 Å². The van der Waals surface area contributed by atoms with E-state index in [0.717, 1.165) is 36.4 Å². The lowest BCUT2D eigenvalue weighted by Gasteiger charge is -2.29. The Morgan fingerprint density at radius 2 is 1.33 bits per heavy atom. The summed E-state index contributed by atoms with van der Waals surface area (Å²) in [6, 6.07) is 8.53. The van der Waals surface area contributed by atoms with Crippen molar-refractivity contribution in [2.24, 2.45) is 5.73 Å². The third kappa shape index (κ3) is 6.29. The highest BCUT2D eigenvalue weighted by Crippen LogP contribution is 2.37. The van der Waals surface area contributed by atoms with E-state index in [1.807, 2.05) is 0 Å². The van der Waals surface area contributed by atoms with E-state index in [2.05, 4.69) is 14.2 Å². The van der Waals surface area contributed by atoms with Crippen LogP contribution in [0, 0.1) is 0 Å². The average molecular weight is 455 g/mol. The molecule has 2 aromatic carbocycles. The molecule has 0 saturated heterocycles. The molecule has 30 heavy (non-hydrogen) atoms. The van der Waals surface area contributed by atoms with E-state index < -0.39 is 42.1 Å². The molecule has 0 aliphatic heterocycles. The quantitative estimate of drug-likeness (QED) is 0.362. The Bertz CT molecular complexity index is 860. The maximum Gasteiger partial charge on any atom is 0.588 e. The van der Waals surface area contributed by atoms with E-state index in [9.17, 15) is 35.3 Å². The van der Waals surface area contributed by atoms with Crippen LogP contribution < -0.4 is 19.9 Å². The summed E-state index contributed by atoms with van der Waals surface area (Å²) in [5.41, 5.74) is 3.19. The van der Waals surface area contributed by atoms with Gasteiger partial charge in [0.05, 0.1) is 10.6 Å². The second-order valence-electron chi connectivity index (χ2n) is 5.89. The number of benzene rings is 2. The topological polar surface area (TPSA) is 90.7 Å². The van der Waals surface area contributed by atoms with Crippen molar-refractivity contribution in [1.29, 1.82) is 0 Å². The molecule has 0 atom stereocenters. The highest BCUT2D eigenvalue weighted by Gasteiger charge is 2.43. The number of nitrogens with one attached hydrogen (secondary N) is 1. The van der Waals surface area contributed by atoms with Gasteiger partial charge in [0.2, 0.25) is 5.91 Å². The summed E-state index contributed by atoms with van der Waals surface area (Å²) in [6.45, 7) is 0. The van der Waals surface area contributed by atoms with Crippen LogP contribution >= 0.6 is 0 Å². The fourth-order valence-corrected chi connectivity index (χ4v) is 3.22. The number of halogens is 6. The fourth-order valence-electron chi connectivity index (χ4n) is 2.77. The summed E-state index contributed by atoms with van der Waals surface area (Å²) < 4.78 is 96.8. The zero-order valence-electron chi connectivity index (χ0n) is 14.7. The van der Waals surface area contributed by atoms with Gasteiger partial charge in [0.15, 0.2) is 0 Å². The SMILES string of the molecule is NC(=O)CC(N[S+]=O)(c1cccc(OC(F)(F)F)c1)c1cccc(OC(F)(F)F)c1. The summed E-state index contributed by atoms with van der Waals surface area (Å²) >= 11 is -0.256. The van der Waals surface area contributed by atoms with Crippen LogP contribution in [0.25, 0.3) is 0 Å². The van der Waals surface area contributed by atoms with Gasteiger partial charge in [0.1, 0.15) is 17.0 Å². The van der Waals surface area contributed by atoms with Crippen molar-refractivity contribution in [2.75, 3.05) is 0 Å². The molecule has 1 amide bonds. The van der Waals surface area contributed by atoms with Gasteiger partial charge < -0.3 is 15.2 Å². The molecule has 0 radical (unpaired) electrons. The van der Waals surface area contributed by atoms with E-state index >= 15 is 0 Å². The number of primary amides is 1. The van der Waals surface area contributed by atoms with Gasteiger partial charge >= 0.3 is 24.6 Å². The normalized spacial score (nSPS) is 12.3. The molecule has 0 heterocycles. The number of nitrogens with two attached hydrogens (primary N) is 1. The highest BCUT2D eigenvalue weighted by atomic mass is 32.2. The molecule has 0 bridgehead atoms. The number of amides is 1. The van der Waals surface area contributed by atoms with Crippen LogP contribution in [-0.2, 0) is 26.4 Å². The largest absolute Gasteiger partial charge is 0.588 e. The van der Waals surface area contributed by atoms with Crippen LogP contribution in [-0.4, -0.2) is 18.6 Å². The van der Waals surface area contributed by atoms with E-state index in [-0.39, 0.29) is 23.0 Å². The molecule has 162 valence electrons. The van der Waals surface area contributed by atoms with Crippen molar-refractivity contribution in [1.82, 2.24) is 4.72 Å². The van der Waals surface area contributed by atoms with Crippen molar-refractivity contribution in [3.63, 3.8) is 0 Å². The first-order chi connectivity index (χ1) is 13.8. The monoisotopic (exact) mass is 455 g/mol. The molecule has 0 aliphatic rings. The molecular weight excluding hydrogens is 442 g/mol. The predicted molar refractivity (Wildman–Crippen MR) is 92.0 cm³/mol. The summed E-state index contributed by atoms with van der Waals surface area (Å²) in [7, 11) is 0. The second kappa shape index (κ2) is 8.83. The average Bonchev–Trinajstić information content (AvgIpc) is 2.58. The standard InChI is InChI=1S/C17H12F6N2O4S/c18-16(19,20)28-12-5-1-3-10(7-12)15(25-30-27,9-14(24)26)11-4-2-6-13(8-11)29-17(21,22)23/h1-8H,9H2,(H2-,24,25,26,27)/p+1. The Morgan fingerprint density at radius 3 is 1.67 bits per heavy atom. The minimum atomic E-state index is -5.02. The zero-order chi connectivity index (χ0) is 22.6. The number of rotatable bonds is 8. The molecule has 2 rings (SSSR count). The third-order valence-electron chi connectivity index (χ3n) is 3.78. The number of ether oxygens (including phenoxy) is 2. The van der Waals surface area contributed by atoms with Gasteiger partial charge in [-0.15, -0.1) is 26.3 Å². The van der Waals surface area contributed by atoms with Crippen LogP contribution in [0.15, 0.2) is 48.5 Å². The predicted octanol–water partition coefficient (Wildman–Crippen LogP) is 3.54. The number of carbonyl (C=O) groups excluding carboxylic acids is 1. The Hall–Kier alpha value is -2.93. The lowest BCUT2D eigenvalue weighted by Crippen LogP contribution is -2.44. The first-order valence-corrected chi connectivity index (χ1v) is 8.66.